The molecule has 19 heavy (non-hydrogen) atoms. The molecule has 2 fully saturated rings. The Kier molecular flexibility index (Phi) is 4.81. The van der Waals surface area contributed by atoms with Crippen molar-refractivity contribution in [3.63, 3.8) is 0 Å². The van der Waals surface area contributed by atoms with Crippen molar-refractivity contribution >= 4 is 5.97 Å². The van der Waals surface area contributed by atoms with Gasteiger partial charge in [-0.1, -0.05) is 6.92 Å². The number of nitrogens with zero attached hydrogens (tertiary/aromatic N) is 1. The van der Waals surface area contributed by atoms with Gasteiger partial charge in [0.05, 0.1) is 6.61 Å². The third-order valence-corrected chi connectivity index (χ3v) is 4.23. The molecule has 2 saturated carbocycles. The summed E-state index contributed by atoms with van der Waals surface area (Å²) in [4.78, 5) is 14.1. The maximum atomic E-state index is 11.9. The fraction of sp³-hybridized carbons (Fsp3) is 0.929. The van der Waals surface area contributed by atoms with Crippen molar-refractivity contribution in [1.29, 1.82) is 0 Å². The van der Waals surface area contributed by atoms with Crippen LogP contribution in [0.5, 0.6) is 0 Å². The summed E-state index contributed by atoms with van der Waals surface area (Å²) in [5.74, 6) is -0.389. The predicted octanol–water partition coefficient (Wildman–Crippen LogP) is 0.940. The van der Waals surface area contributed by atoms with Gasteiger partial charge in [0.15, 0.2) is 0 Å². The molecule has 0 amide bonds. The minimum absolute atomic E-state index is 0.294. The minimum Gasteiger partial charge on any atom is -0.480 e. The summed E-state index contributed by atoms with van der Waals surface area (Å²) in [5, 5.41) is 13.2. The molecular formula is C14H26N2O3. The number of aliphatic carboxylic acids is 1. The summed E-state index contributed by atoms with van der Waals surface area (Å²) in [6.45, 7) is 4.96. The van der Waals surface area contributed by atoms with Gasteiger partial charge in [-0.15, -0.1) is 0 Å². The molecule has 5 heteroatoms. The van der Waals surface area contributed by atoms with Gasteiger partial charge in [-0.3, -0.25) is 15.0 Å². The molecule has 0 bridgehead atoms. The lowest BCUT2D eigenvalue weighted by atomic mass is 9.92. The van der Waals surface area contributed by atoms with E-state index in [4.69, 9.17) is 4.74 Å². The third-order valence-electron chi connectivity index (χ3n) is 4.23. The second kappa shape index (κ2) is 6.20. The lowest BCUT2D eigenvalue weighted by molar-refractivity contribution is -0.147. The summed E-state index contributed by atoms with van der Waals surface area (Å²) in [5.41, 5.74) is -0.745. The molecule has 1 atom stereocenters. The molecule has 2 aliphatic carbocycles. The maximum Gasteiger partial charge on any atom is 0.325 e. The Morgan fingerprint density at radius 3 is 2.53 bits per heavy atom. The van der Waals surface area contributed by atoms with Gasteiger partial charge in [-0.2, -0.15) is 0 Å². The first-order chi connectivity index (χ1) is 9.12. The van der Waals surface area contributed by atoms with Crippen LogP contribution in [0.3, 0.4) is 0 Å². The number of carboxylic acid groups (broad SMARTS) is 1. The Hall–Kier alpha value is -0.650. The molecule has 0 aromatic heterocycles. The molecule has 110 valence electrons. The Bertz CT molecular complexity index is 316. The molecule has 0 aliphatic heterocycles. The summed E-state index contributed by atoms with van der Waals surface area (Å²) >= 11 is 0. The summed E-state index contributed by atoms with van der Waals surface area (Å²) in [6, 6.07) is 0.415. The SMILES string of the molecule is CCN(CCOC)CC(NC1CC1)(C(=O)O)C1CC1. The largest absolute Gasteiger partial charge is 0.480 e. The Labute approximate surface area is 115 Å². The van der Waals surface area contributed by atoms with E-state index in [2.05, 4.69) is 17.1 Å². The minimum atomic E-state index is -0.745. The summed E-state index contributed by atoms with van der Waals surface area (Å²) in [7, 11) is 1.68. The molecule has 5 nitrogen and oxygen atoms in total. The lowest BCUT2D eigenvalue weighted by Crippen LogP contribution is -2.61. The molecule has 2 rings (SSSR count). The molecule has 0 radical (unpaired) electrons. The number of methoxy groups -OCH3 is 1. The highest BCUT2D eigenvalue weighted by atomic mass is 16.5. The topological polar surface area (TPSA) is 61.8 Å². The smallest absolute Gasteiger partial charge is 0.325 e. The molecule has 0 heterocycles. The number of hydrogen-bond acceptors (Lipinski definition) is 4. The normalized spacial score (nSPS) is 22.5. The van der Waals surface area contributed by atoms with Gasteiger partial charge in [0, 0.05) is 26.2 Å². The van der Waals surface area contributed by atoms with Gasteiger partial charge in [0.1, 0.15) is 5.54 Å². The zero-order chi connectivity index (χ0) is 13.9. The van der Waals surface area contributed by atoms with Crippen LogP contribution in [0, 0.1) is 5.92 Å². The van der Waals surface area contributed by atoms with Crippen molar-refractivity contribution in [3.8, 4) is 0 Å². The predicted molar refractivity (Wildman–Crippen MR) is 73.2 cm³/mol. The van der Waals surface area contributed by atoms with Crippen LogP contribution in [0.1, 0.15) is 32.6 Å². The molecular weight excluding hydrogens is 244 g/mol. The van der Waals surface area contributed by atoms with E-state index in [1.165, 1.54) is 0 Å². The maximum absolute atomic E-state index is 11.9. The monoisotopic (exact) mass is 270 g/mol. The highest BCUT2D eigenvalue weighted by Crippen LogP contribution is 2.42. The second-order valence-electron chi connectivity index (χ2n) is 5.83. The highest BCUT2D eigenvalue weighted by molar-refractivity contribution is 5.80. The average Bonchev–Trinajstić information content (AvgIpc) is 3.25. The molecule has 2 N–H and O–H groups in total. The number of ether oxygens (including phenoxy) is 1. The Morgan fingerprint density at radius 2 is 2.11 bits per heavy atom. The first kappa shape index (κ1) is 14.8. The first-order valence-corrected chi connectivity index (χ1v) is 7.34. The molecule has 0 saturated heterocycles. The lowest BCUT2D eigenvalue weighted by Gasteiger charge is -2.36. The zero-order valence-electron chi connectivity index (χ0n) is 12.0. The van der Waals surface area contributed by atoms with Crippen LogP contribution in [0.15, 0.2) is 0 Å². The highest BCUT2D eigenvalue weighted by Gasteiger charge is 2.53. The number of carboxylic acids is 1. The van der Waals surface area contributed by atoms with E-state index in [-0.39, 0.29) is 0 Å². The number of rotatable bonds is 10. The standard InChI is InChI=1S/C14H26N2O3/c1-3-16(8-9-19-2)10-14(13(17)18,11-4-5-11)15-12-6-7-12/h11-12,15H,3-10H2,1-2H3,(H,17,18). The van der Waals surface area contributed by atoms with Crippen molar-refractivity contribution in [2.75, 3.05) is 33.4 Å². The van der Waals surface area contributed by atoms with Crippen LogP contribution in [0.4, 0.5) is 0 Å². The van der Waals surface area contributed by atoms with E-state index in [0.29, 0.717) is 25.1 Å². The Morgan fingerprint density at radius 1 is 1.42 bits per heavy atom. The fourth-order valence-corrected chi connectivity index (χ4v) is 2.69. The van der Waals surface area contributed by atoms with E-state index < -0.39 is 11.5 Å². The van der Waals surface area contributed by atoms with E-state index in [0.717, 1.165) is 38.8 Å². The average molecular weight is 270 g/mol. The van der Waals surface area contributed by atoms with Gasteiger partial charge < -0.3 is 9.84 Å². The van der Waals surface area contributed by atoms with Crippen LogP contribution in [0.2, 0.25) is 0 Å². The summed E-state index contributed by atoms with van der Waals surface area (Å²) in [6.07, 6.45) is 4.31. The van der Waals surface area contributed by atoms with Crippen LogP contribution < -0.4 is 5.32 Å². The molecule has 2 aliphatic rings. The van der Waals surface area contributed by atoms with E-state index in [1.807, 2.05) is 0 Å². The number of hydrogen-bond donors (Lipinski definition) is 2. The summed E-state index contributed by atoms with van der Waals surface area (Å²) < 4.78 is 5.11. The number of likely N-dealkylation sites (N-methyl/N-ethyl adjacent to an activating group) is 1. The van der Waals surface area contributed by atoms with Crippen LogP contribution in [-0.4, -0.2) is 60.9 Å². The van der Waals surface area contributed by atoms with Crippen molar-refractivity contribution in [1.82, 2.24) is 10.2 Å². The molecule has 0 spiro atoms. The van der Waals surface area contributed by atoms with Gasteiger partial charge in [-0.25, -0.2) is 0 Å². The van der Waals surface area contributed by atoms with E-state index in [9.17, 15) is 9.90 Å². The van der Waals surface area contributed by atoms with Crippen molar-refractivity contribution in [2.45, 2.75) is 44.2 Å². The van der Waals surface area contributed by atoms with Crippen molar-refractivity contribution in [3.05, 3.63) is 0 Å². The second-order valence-corrected chi connectivity index (χ2v) is 5.83. The van der Waals surface area contributed by atoms with Gasteiger partial charge in [0.2, 0.25) is 0 Å². The first-order valence-electron chi connectivity index (χ1n) is 7.34. The van der Waals surface area contributed by atoms with Crippen molar-refractivity contribution in [2.24, 2.45) is 5.92 Å². The fourth-order valence-electron chi connectivity index (χ4n) is 2.69. The van der Waals surface area contributed by atoms with Gasteiger partial charge in [0.25, 0.3) is 0 Å². The quantitative estimate of drug-likeness (QED) is 0.618. The van der Waals surface area contributed by atoms with Crippen LogP contribution in [0.25, 0.3) is 0 Å². The molecule has 0 aromatic rings. The van der Waals surface area contributed by atoms with E-state index in [1.54, 1.807) is 7.11 Å². The number of nitrogens with one attached hydrogen (secondary N) is 1. The van der Waals surface area contributed by atoms with E-state index >= 15 is 0 Å². The van der Waals surface area contributed by atoms with Gasteiger partial charge in [-0.05, 0) is 38.1 Å². The number of carbonyl (C=O) groups is 1. The molecule has 0 aromatic carbocycles. The third kappa shape index (κ3) is 3.68. The Balaban J connectivity index is 2.04. The van der Waals surface area contributed by atoms with Gasteiger partial charge >= 0.3 is 5.97 Å². The van der Waals surface area contributed by atoms with Crippen LogP contribution >= 0.6 is 0 Å². The van der Waals surface area contributed by atoms with Crippen LogP contribution in [-0.2, 0) is 9.53 Å². The van der Waals surface area contributed by atoms with Crippen molar-refractivity contribution < 1.29 is 14.6 Å². The molecule has 1 unspecified atom stereocenters. The zero-order valence-corrected chi connectivity index (χ0v) is 12.0.